The molecule has 4 rings (SSSR count). The molecule has 128 valence electrons. The number of carbonyl (C=O) groups excluding carboxylic acids is 1. The number of fused-ring (bicyclic) bond motifs is 2. The average Bonchev–Trinajstić information content (AvgIpc) is 3.02. The maximum Gasteiger partial charge on any atom is 0.252 e. The van der Waals surface area contributed by atoms with Gasteiger partial charge < -0.3 is 4.74 Å². The fraction of sp³-hybridized carbons (Fsp3) is 0.368. The maximum absolute atomic E-state index is 12.6. The number of methoxy groups -OCH3 is 1. The first-order valence-electron chi connectivity index (χ1n) is 8.60. The number of aryl methyl sites for hydroxylation is 1. The second-order valence-corrected chi connectivity index (χ2v) is 6.43. The van der Waals surface area contributed by atoms with E-state index < -0.39 is 0 Å². The van der Waals surface area contributed by atoms with Crippen molar-refractivity contribution in [1.82, 2.24) is 19.6 Å². The molecule has 0 amide bonds. The van der Waals surface area contributed by atoms with Crippen molar-refractivity contribution in [2.45, 2.75) is 38.5 Å². The number of Topliss-reactive ketones (excluding diaryl/α,β-unsaturated/α-hetero) is 1. The molecule has 0 bridgehead atoms. The Labute approximate surface area is 145 Å². The number of benzene rings is 1. The van der Waals surface area contributed by atoms with Crippen LogP contribution < -0.4 is 4.74 Å². The maximum atomic E-state index is 12.6. The van der Waals surface area contributed by atoms with Crippen LogP contribution in [0, 0.1) is 0 Å². The molecule has 0 saturated carbocycles. The standard InChI is InChI=1S/C19H20N4O2/c1-3-4-18-21-19-20-16-9-13(12-5-7-14(25-2)8-6-12)10-17(24)15(16)11-23(19)22-18/h5-8,11,13H,3-4,9-10H2,1-2H3/t13-/m0/s1. The Bertz CT molecular complexity index is 930. The number of aromatic nitrogens is 4. The van der Waals surface area contributed by atoms with Crippen LogP contribution in [-0.4, -0.2) is 32.5 Å². The average molecular weight is 336 g/mol. The molecule has 1 aromatic carbocycles. The van der Waals surface area contributed by atoms with Crippen LogP contribution in [0.25, 0.3) is 5.78 Å². The monoisotopic (exact) mass is 336 g/mol. The molecule has 1 atom stereocenters. The highest BCUT2D eigenvalue weighted by Gasteiger charge is 2.28. The van der Waals surface area contributed by atoms with Crippen molar-refractivity contribution in [1.29, 1.82) is 0 Å². The minimum Gasteiger partial charge on any atom is -0.497 e. The van der Waals surface area contributed by atoms with E-state index in [9.17, 15) is 4.79 Å². The largest absolute Gasteiger partial charge is 0.497 e. The van der Waals surface area contributed by atoms with E-state index in [1.807, 2.05) is 24.3 Å². The predicted octanol–water partition coefficient (Wildman–Crippen LogP) is 3.00. The molecule has 0 spiro atoms. The quantitative estimate of drug-likeness (QED) is 0.732. The molecule has 0 unspecified atom stereocenters. The molecule has 0 saturated heterocycles. The summed E-state index contributed by atoms with van der Waals surface area (Å²) in [7, 11) is 1.65. The summed E-state index contributed by atoms with van der Waals surface area (Å²) in [6.45, 7) is 2.09. The summed E-state index contributed by atoms with van der Waals surface area (Å²) in [5.74, 6) is 2.42. The summed E-state index contributed by atoms with van der Waals surface area (Å²) >= 11 is 0. The van der Waals surface area contributed by atoms with Crippen molar-refractivity contribution in [2.24, 2.45) is 0 Å². The molecule has 0 N–H and O–H groups in total. The number of hydrogen-bond acceptors (Lipinski definition) is 5. The van der Waals surface area contributed by atoms with Gasteiger partial charge in [-0.25, -0.2) is 9.50 Å². The van der Waals surface area contributed by atoms with E-state index in [0.717, 1.165) is 42.1 Å². The molecule has 0 aliphatic heterocycles. The number of carbonyl (C=O) groups is 1. The normalized spacial score (nSPS) is 16.9. The van der Waals surface area contributed by atoms with Crippen LogP contribution in [0.5, 0.6) is 5.75 Å². The van der Waals surface area contributed by atoms with Gasteiger partial charge in [0.25, 0.3) is 5.78 Å². The van der Waals surface area contributed by atoms with Gasteiger partial charge in [-0.15, -0.1) is 5.10 Å². The van der Waals surface area contributed by atoms with Gasteiger partial charge in [-0.05, 0) is 36.5 Å². The first-order chi connectivity index (χ1) is 12.2. The van der Waals surface area contributed by atoms with Crippen LogP contribution in [0.3, 0.4) is 0 Å². The van der Waals surface area contributed by atoms with Crippen molar-refractivity contribution in [3.8, 4) is 5.75 Å². The number of hydrogen-bond donors (Lipinski definition) is 0. The van der Waals surface area contributed by atoms with E-state index >= 15 is 0 Å². The van der Waals surface area contributed by atoms with Crippen LogP contribution in [-0.2, 0) is 12.8 Å². The Kier molecular flexibility index (Phi) is 3.95. The highest BCUT2D eigenvalue weighted by Crippen LogP contribution is 2.32. The lowest BCUT2D eigenvalue weighted by Gasteiger charge is -2.23. The molecule has 1 aliphatic carbocycles. The van der Waals surface area contributed by atoms with Gasteiger partial charge in [-0.3, -0.25) is 4.79 Å². The Morgan fingerprint density at radius 3 is 2.72 bits per heavy atom. The molecule has 0 radical (unpaired) electrons. The van der Waals surface area contributed by atoms with Crippen molar-refractivity contribution < 1.29 is 9.53 Å². The van der Waals surface area contributed by atoms with E-state index in [2.05, 4.69) is 22.0 Å². The van der Waals surface area contributed by atoms with Crippen LogP contribution in [0.4, 0.5) is 0 Å². The number of nitrogens with zero attached hydrogens (tertiary/aromatic N) is 4. The van der Waals surface area contributed by atoms with Gasteiger partial charge in [0.1, 0.15) is 5.75 Å². The fourth-order valence-corrected chi connectivity index (χ4v) is 3.37. The third-order valence-electron chi connectivity index (χ3n) is 4.69. The minimum atomic E-state index is 0.115. The lowest BCUT2D eigenvalue weighted by Crippen LogP contribution is -2.21. The first kappa shape index (κ1) is 15.7. The molecular formula is C19H20N4O2. The van der Waals surface area contributed by atoms with Gasteiger partial charge in [0.2, 0.25) is 0 Å². The predicted molar refractivity (Wildman–Crippen MR) is 93.2 cm³/mol. The summed E-state index contributed by atoms with van der Waals surface area (Å²) in [5.41, 5.74) is 2.62. The van der Waals surface area contributed by atoms with E-state index in [1.165, 1.54) is 0 Å². The van der Waals surface area contributed by atoms with E-state index in [-0.39, 0.29) is 11.7 Å². The smallest absolute Gasteiger partial charge is 0.252 e. The van der Waals surface area contributed by atoms with Crippen molar-refractivity contribution in [3.63, 3.8) is 0 Å². The second kappa shape index (κ2) is 6.27. The Balaban J connectivity index is 1.68. The molecule has 2 heterocycles. The topological polar surface area (TPSA) is 69.4 Å². The highest BCUT2D eigenvalue weighted by atomic mass is 16.5. The first-order valence-corrected chi connectivity index (χ1v) is 8.60. The van der Waals surface area contributed by atoms with Crippen LogP contribution in [0.15, 0.2) is 30.5 Å². The van der Waals surface area contributed by atoms with E-state index in [0.29, 0.717) is 17.8 Å². The zero-order chi connectivity index (χ0) is 17.4. The molecule has 3 aromatic rings. The van der Waals surface area contributed by atoms with Crippen LogP contribution in [0.1, 0.15) is 53.1 Å². The van der Waals surface area contributed by atoms with Gasteiger partial charge >= 0.3 is 0 Å². The molecule has 2 aromatic heterocycles. The SMILES string of the molecule is CCCc1nc2nc3c(cn2n1)C(=O)C[C@@H](c1ccc(OC)cc1)C3. The summed E-state index contributed by atoms with van der Waals surface area (Å²) in [5, 5.41) is 4.42. The van der Waals surface area contributed by atoms with Crippen LogP contribution in [0.2, 0.25) is 0 Å². The van der Waals surface area contributed by atoms with Crippen molar-refractivity contribution >= 4 is 11.6 Å². The number of ether oxygens (including phenoxy) is 1. The highest BCUT2D eigenvalue weighted by molar-refractivity contribution is 5.98. The molecule has 6 heteroatoms. The van der Waals surface area contributed by atoms with E-state index in [1.54, 1.807) is 17.8 Å². The molecule has 6 nitrogen and oxygen atoms in total. The summed E-state index contributed by atoms with van der Waals surface area (Å²) in [4.78, 5) is 21.7. The van der Waals surface area contributed by atoms with Gasteiger partial charge in [-0.1, -0.05) is 19.1 Å². The van der Waals surface area contributed by atoms with Crippen molar-refractivity contribution in [2.75, 3.05) is 7.11 Å². The van der Waals surface area contributed by atoms with Crippen molar-refractivity contribution in [3.05, 3.63) is 53.1 Å². The number of rotatable bonds is 4. The Hall–Kier alpha value is -2.76. The van der Waals surface area contributed by atoms with Crippen LogP contribution >= 0.6 is 0 Å². The van der Waals surface area contributed by atoms with Gasteiger partial charge in [-0.2, -0.15) is 4.98 Å². The van der Waals surface area contributed by atoms with Gasteiger partial charge in [0, 0.05) is 19.0 Å². The lowest BCUT2D eigenvalue weighted by atomic mass is 9.82. The van der Waals surface area contributed by atoms with Gasteiger partial charge in [0.05, 0.1) is 18.4 Å². The summed E-state index contributed by atoms with van der Waals surface area (Å²) in [6, 6.07) is 7.91. The fourth-order valence-electron chi connectivity index (χ4n) is 3.37. The van der Waals surface area contributed by atoms with E-state index in [4.69, 9.17) is 4.74 Å². The summed E-state index contributed by atoms with van der Waals surface area (Å²) in [6.07, 6.45) is 4.81. The zero-order valence-electron chi connectivity index (χ0n) is 14.4. The summed E-state index contributed by atoms with van der Waals surface area (Å²) < 4.78 is 6.84. The third-order valence-corrected chi connectivity index (χ3v) is 4.69. The molecule has 0 fully saturated rings. The van der Waals surface area contributed by atoms with Gasteiger partial charge in [0.15, 0.2) is 11.6 Å². The minimum absolute atomic E-state index is 0.115. The number of ketones is 1. The zero-order valence-corrected chi connectivity index (χ0v) is 14.4. The second-order valence-electron chi connectivity index (χ2n) is 6.43. The molecule has 25 heavy (non-hydrogen) atoms. The lowest BCUT2D eigenvalue weighted by molar-refractivity contribution is 0.0962. The third kappa shape index (κ3) is 2.88. The molecule has 1 aliphatic rings. The molecular weight excluding hydrogens is 316 g/mol. The Morgan fingerprint density at radius 1 is 1.20 bits per heavy atom. The Morgan fingerprint density at radius 2 is 2.00 bits per heavy atom.